The minimum Gasteiger partial charge on any atom is -0.454 e. The molecule has 2 aromatic heterocycles. The van der Waals surface area contributed by atoms with Crippen LogP contribution in [0.15, 0.2) is 33.9 Å². The summed E-state index contributed by atoms with van der Waals surface area (Å²) in [5, 5.41) is 0. The van der Waals surface area contributed by atoms with Crippen LogP contribution in [0.4, 0.5) is 8.78 Å². The minimum atomic E-state index is -2.96. The Morgan fingerprint density at radius 1 is 1.16 bits per heavy atom. The molecule has 0 bridgehead atoms. The molecule has 11 heteroatoms. The number of alkyl halides is 2. The predicted molar refractivity (Wildman–Crippen MR) is 107 cm³/mol. The zero-order chi connectivity index (χ0) is 22.5. The molecule has 3 aromatic rings. The molecule has 0 spiro atoms. The van der Waals surface area contributed by atoms with Crippen molar-refractivity contribution in [2.45, 2.75) is 53.0 Å². The fourth-order valence-corrected chi connectivity index (χ4v) is 3.18. The predicted octanol–water partition coefficient (Wildman–Crippen LogP) is 2.66. The van der Waals surface area contributed by atoms with Crippen LogP contribution in [0.25, 0.3) is 11.2 Å². The Morgan fingerprint density at radius 2 is 1.87 bits per heavy atom. The smallest absolute Gasteiger partial charge is 0.387 e. The summed E-state index contributed by atoms with van der Waals surface area (Å²) in [6, 6.07) is 5.07. The highest BCUT2D eigenvalue weighted by atomic mass is 19.3. The SMILES string of the molecule is CCCCn1c(=O)[nH]c(=O)c2c1nc(COC(=O)c1ccc(OC(F)F)cc1)n2CC. The van der Waals surface area contributed by atoms with Crippen LogP contribution in [0.1, 0.15) is 42.9 Å². The average molecular weight is 436 g/mol. The van der Waals surface area contributed by atoms with Crippen LogP contribution in [0.2, 0.25) is 0 Å². The first-order valence-electron chi connectivity index (χ1n) is 9.79. The number of benzene rings is 1. The first-order valence-corrected chi connectivity index (χ1v) is 9.79. The highest BCUT2D eigenvalue weighted by Gasteiger charge is 2.19. The van der Waals surface area contributed by atoms with Gasteiger partial charge in [-0.1, -0.05) is 13.3 Å². The lowest BCUT2D eigenvalue weighted by Crippen LogP contribution is -2.31. The number of nitrogens with one attached hydrogen (secondary N) is 1. The lowest BCUT2D eigenvalue weighted by atomic mass is 10.2. The van der Waals surface area contributed by atoms with Crippen molar-refractivity contribution in [3.8, 4) is 5.75 Å². The number of ether oxygens (including phenoxy) is 2. The van der Waals surface area contributed by atoms with Gasteiger partial charge >= 0.3 is 18.3 Å². The number of aromatic amines is 1. The summed E-state index contributed by atoms with van der Waals surface area (Å²) in [6.45, 7) is 1.36. The van der Waals surface area contributed by atoms with Gasteiger partial charge in [-0.2, -0.15) is 8.78 Å². The van der Waals surface area contributed by atoms with E-state index in [4.69, 9.17) is 4.74 Å². The molecule has 0 aliphatic heterocycles. The quantitative estimate of drug-likeness (QED) is 0.517. The molecule has 1 aromatic carbocycles. The second-order valence-electron chi connectivity index (χ2n) is 6.69. The normalized spacial score (nSPS) is 11.3. The Balaban J connectivity index is 1.86. The Bertz CT molecular complexity index is 1180. The number of nitrogens with zero attached hydrogens (tertiary/aromatic N) is 3. The number of H-pyrrole nitrogens is 1. The van der Waals surface area contributed by atoms with E-state index in [1.807, 2.05) is 6.92 Å². The molecular formula is C20H22F2N4O5. The zero-order valence-electron chi connectivity index (χ0n) is 17.1. The number of rotatable bonds is 9. The first kappa shape index (κ1) is 22.2. The molecule has 9 nitrogen and oxygen atoms in total. The maximum Gasteiger partial charge on any atom is 0.387 e. The van der Waals surface area contributed by atoms with Crippen LogP contribution in [-0.4, -0.2) is 31.7 Å². The molecule has 0 aliphatic rings. The van der Waals surface area contributed by atoms with Gasteiger partial charge in [0.2, 0.25) is 0 Å². The fourth-order valence-electron chi connectivity index (χ4n) is 3.18. The van der Waals surface area contributed by atoms with Gasteiger partial charge < -0.3 is 14.0 Å². The molecule has 2 heterocycles. The number of hydrogen-bond donors (Lipinski definition) is 1. The van der Waals surface area contributed by atoms with Crippen molar-refractivity contribution in [1.82, 2.24) is 19.1 Å². The molecule has 0 fully saturated rings. The van der Waals surface area contributed by atoms with E-state index in [1.165, 1.54) is 28.8 Å². The molecule has 31 heavy (non-hydrogen) atoms. The van der Waals surface area contributed by atoms with E-state index in [0.717, 1.165) is 12.8 Å². The van der Waals surface area contributed by atoms with E-state index in [-0.39, 0.29) is 29.1 Å². The van der Waals surface area contributed by atoms with Crippen molar-refractivity contribution in [3.63, 3.8) is 0 Å². The summed E-state index contributed by atoms with van der Waals surface area (Å²) in [5.41, 5.74) is -0.490. The zero-order valence-corrected chi connectivity index (χ0v) is 17.1. The number of hydrogen-bond acceptors (Lipinski definition) is 6. The Kier molecular flexibility index (Phi) is 6.83. The molecule has 166 valence electrons. The van der Waals surface area contributed by atoms with Gasteiger partial charge in [0.1, 0.15) is 18.2 Å². The maximum absolute atomic E-state index is 12.4. The molecule has 3 rings (SSSR count). The molecule has 0 unspecified atom stereocenters. The van der Waals surface area contributed by atoms with Gasteiger partial charge in [-0.25, -0.2) is 14.6 Å². The summed E-state index contributed by atoms with van der Waals surface area (Å²) < 4.78 is 37.0. The number of carbonyl (C=O) groups excluding carboxylic acids is 1. The van der Waals surface area contributed by atoms with Gasteiger partial charge in [0.15, 0.2) is 11.2 Å². The van der Waals surface area contributed by atoms with E-state index in [0.29, 0.717) is 18.9 Å². The average Bonchev–Trinajstić information content (AvgIpc) is 3.11. The van der Waals surface area contributed by atoms with Gasteiger partial charge in [-0.05, 0) is 37.6 Å². The van der Waals surface area contributed by atoms with Crippen LogP contribution in [-0.2, 0) is 24.4 Å². The van der Waals surface area contributed by atoms with Crippen LogP contribution in [0, 0.1) is 0 Å². The molecular weight excluding hydrogens is 414 g/mol. The minimum absolute atomic E-state index is 0.0800. The van der Waals surface area contributed by atoms with E-state index in [2.05, 4.69) is 14.7 Å². The summed E-state index contributed by atoms with van der Waals surface area (Å²) in [6.07, 6.45) is 1.59. The van der Waals surface area contributed by atoms with Crippen molar-refractivity contribution >= 4 is 17.1 Å². The van der Waals surface area contributed by atoms with Crippen molar-refractivity contribution in [2.75, 3.05) is 0 Å². The third-order valence-corrected chi connectivity index (χ3v) is 4.66. The molecule has 0 saturated carbocycles. The topological polar surface area (TPSA) is 108 Å². The molecule has 0 radical (unpaired) electrons. The maximum atomic E-state index is 12.4. The Hall–Kier alpha value is -3.50. The first-order chi connectivity index (χ1) is 14.8. The van der Waals surface area contributed by atoms with Gasteiger partial charge in [-0.3, -0.25) is 14.3 Å². The summed E-state index contributed by atoms with van der Waals surface area (Å²) >= 11 is 0. The second-order valence-corrected chi connectivity index (χ2v) is 6.69. The number of unbranched alkanes of at least 4 members (excludes halogenated alkanes) is 1. The fraction of sp³-hybridized carbons (Fsp3) is 0.400. The lowest BCUT2D eigenvalue weighted by molar-refractivity contribution is -0.0498. The van der Waals surface area contributed by atoms with E-state index in [1.54, 1.807) is 11.5 Å². The molecule has 0 saturated heterocycles. The van der Waals surface area contributed by atoms with E-state index in [9.17, 15) is 23.2 Å². The Labute approximate surface area is 175 Å². The number of aryl methyl sites for hydroxylation is 2. The molecule has 1 N–H and O–H groups in total. The third kappa shape index (κ3) is 4.81. The third-order valence-electron chi connectivity index (χ3n) is 4.66. The Morgan fingerprint density at radius 3 is 2.48 bits per heavy atom. The lowest BCUT2D eigenvalue weighted by Gasteiger charge is -2.08. The number of carbonyl (C=O) groups is 1. The van der Waals surface area contributed by atoms with Gasteiger partial charge in [-0.15, -0.1) is 0 Å². The van der Waals surface area contributed by atoms with Gasteiger partial charge in [0.05, 0.1) is 5.56 Å². The highest BCUT2D eigenvalue weighted by Crippen LogP contribution is 2.17. The van der Waals surface area contributed by atoms with E-state index >= 15 is 0 Å². The van der Waals surface area contributed by atoms with Crippen LogP contribution >= 0.6 is 0 Å². The van der Waals surface area contributed by atoms with Crippen molar-refractivity contribution in [1.29, 1.82) is 0 Å². The highest BCUT2D eigenvalue weighted by molar-refractivity contribution is 5.89. The number of aromatic nitrogens is 4. The number of halogens is 2. The van der Waals surface area contributed by atoms with Crippen LogP contribution in [0.3, 0.4) is 0 Å². The number of imidazole rings is 1. The molecule has 0 aliphatic carbocycles. The van der Waals surface area contributed by atoms with E-state index < -0.39 is 23.8 Å². The number of esters is 1. The van der Waals surface area contributed by atoms with Gasteiger partial charge in [0, 0.05) is 13.1 Å². The summed E-state index contributed by atoms with van der Waals surface area (Å²) in [7, 11) is 0. The van der Waals surface area contributed by atoms with Gasteiger partial charge in [0.25, 0.3) is 5.56 Å². The van der Waals surface area contributed by atoms with Crippen LogP contribution in [0.5, 0.6) is 5.75 Å². The van der Waals surface area contributed by atoms with Crippen molar-refractivity contribution in [3.05, 3.63) is 56.5 Å². The second kappa shape index (κ2) is 9.54. The van der Waals surface area contributed by atoms with Crippen molar-refractivity contribution in [2.24, 2.45) is 0 Å². The molecule has 0 amide bonds. The standard InChI is InChI=1S/C20H22F2N4O5/c1-3-5-10-26-16-15(17(27)24-20(26)29)25(4-2)14(23-16)11-30-18(28)12-6-8-13(9-7-12)31-19(21)22/h6-9,19H,3-5,10-11H2,1-2H3,(H,24,27,29). The summed E-state index contributed by atoms with van der Waals surface area (Å²) in [5.74, 6) is -0.468. The summed E-state index contributed by atoms with van der Waals surface area (Å²) in [4.78, 5) is 43.6. The number of fused-ring (bicyclic) bond motifs is 1. The van der Waals surface area contributed by atoms with Crippen molar-refractivity contribution < 1.29 is 23.0 Å². The largest absolute Gasteiger partial charge is 0.454 e. The molecule has 0 atom stereocenters. The monoisotopic (exact) mass is 436 g/mol. The van der Waals surface area contributed by atoms with Crippen LogP contribution < -0.4 is 16.0 Å².